The fourth-order valence-corrected chi connectivity index (χ4v) is 2.23. The fourth-order valence-electron chi connectivity index (χ4n) is 1.33. The predicted octanol–water partition coefficient (Wildman–Crippen LogP) is 1.65. The van der Waals surface area contributed by atoms with Crippen molar-refractivity contribution < 1.29 is 18.7 Å². The number of ether oxygens (including phenoxy) is 1. The van der Waals surface area contributed by atoms with Gasteiger partial charge in [0.2, 0.25) is 5.91 Å². The number of nitrogens with two attached hydrogens (primary N) is 1. The predicted molar refractivity (Wildman–Crippen MR) is 67.4 cm³/mol. The third-order valence-electron chi connectivity index (χ3n) is 2.10. The van der Waals surface area contributed by atoms with Crippen LogP contribution < -0.4 is 5.73 Å². The number of carbonyl (C=O) groups is 2. The Kier molecular flexibility index (Phi) is 5.64. The van der Waals surface area contributed by atoms with Crippen LogP contribution in [0.3, 0.4) is 0 Å². The van der Waals surface area contributed by atoms with Gasteiger partial charge in [0.05, 0.1) is 12.4 Å². The molecule has 2 N–H and O–H groups in total. The lowest BCUT2D eigenvalue weighted by Crippen LogP contribution is -2.20. The van der Waals surface area contributed by atoms with Crippen LogP contribution >= 0.6 is 11.8 Å². The molecule has 98 valence electrons. The van der Waals surface area contributed by atoms with Crippen LogP contribution in [0.1, 0.15) is 17.7 Å². The molecule has 1 aromatic carbocycles. The first-order chi connectivity index (χ1) is 8.54. The van der Waals surface area contributed by atoms with Gasteiger partial charge in [0.15, 0.2) is 0 Å². The molecule has 0 aliphatic rings. The normalized spacial score (nSPS) is 11.9. The summed E-state index contributed by atoms with van der Waals surface area (Å²) in [6.07, 6.45) is 0. The lowest BCUT2D eigenvalue weighted by atomic mass is 10.1. The Labute approximate surface area is 109 Å². The van der Waals surface area contributed by atoms with Gasteiger partial charge in [0, 0.05) is 0 Å². The van der Waals surface area contributed by atoms with Gasteiger partial charge in [-0.3, -0.25) is 9.59 Å². The van der Waals surface area contributed by atoms with Crippen molar-refractivity contribution in [3.63, 3.8) is 0 Å². The molecule has 6 heteroatoms. The molecule has 1 atom stereocenters. The van der Waals surface area contributed by atoms with Gasteiger partial charge < -0.3 is 10.5 Å². The van der Waals surface area contributed by atoms with Crippen molar-refractivity contribution >= 4 is 23.6 Å². The maximum atomic E-state index is 12.8. The molecule has 4 nitrogen and oxygen atoms in total. The van der Waals surface area contributed by atoms with E-state index in [1.54, 1.807) is 6.92 Å². The smallest absolute Gasteiger partial charge is 0.315 e. The van der Waals surface area contributed by atoms with Crippen LogP contribution in [0, 0.1) is 5.82 Å². The summed E-state index contributed by atoms with van der Waals surface area (Å²) in [6, 6.07) is 5.44. The molecular weight excluding hydrogens is 257 g/mol. The molecule has 1 rings (SSSR count). The van der Waals surface area contributed by atoms with Gasteiger partial charge in [0.25, 0.3) is 0 Å². The van der Waals surface area contributed by atoms with E-state index in [9.17, 15) is 14.0 Å². The van der Waals surface area contributed by atoms with Crippen LogP contribution in [0.15, 0.2) is 24.3 Å². The number of amides is 1. The van der Waals surface area contributed by atoms with Crippen molar-refractivity contribution in [1.29, 1.82) is 0 Å². The molecule has 0 aromatic heterocycles. The molecule has 0 heterocycles. The highest BCUT2D eigenvalue weighted by Crippen LogP contribution is 2.28. The Morgan fingerprint density at radius 3 is 2.50 bits per heavy atom. The summed E-state index contributed by atoms with van der Waals surface area (Å²) in [5.41, 5.74) is 5.83. The van der Waals surface area contributed by atoms with Crippen LogP contribution in [-0.2, 0) is 14.3 Å². The number of esters is 1. The summed E-state index contributed by atoms with van der Waals surface area (Å²) in [5, 5.41) is -0.685. The third-order valence-corrected chi connectivity index (χ3v) is 3.34. The average Bonchev–Trinajstić information content (AvgIpc) is 2.31. The van der Waals surface area contributed by atoms with Crippen LogP contribution in [0.4, 0.5) is 4.39 Å². The van der Waals surface area contributed by atoms with Gasteiger partial charge in [-0.15, -0.1) is 11.8 Å². The van der Waals surface area contributed by atoms with Crippen molar-refractivity contribution in [3.8, 4) is 0 Å². The zero-order valence-corrected chi connectivity index (χ0v) is 10.7. The first-order valence-electron chi connectivity index (χ1n) is 5.36. The first kappa shape index (κ1) is 14.5. The molecular formula is C12H14FNO3S. The van der Waals surface area contributed by atoms with Crippen LogP contribution in [0.2, 0.25) is 0 Å². The quantitative estimate of drug-likeness (QED) is 0.799. The summed E-state index contributed by atoms with van der Waals surface area (Å²) < 4.78 is 17.5. The summed E-state index contributed by atoms with van der Waals surface area (Å²) in [4.78, 5) is 22.5. The maximum Gasteiger partial charge on any atom is 0.315 e. The van der Waals surface area contributed by atoms with Crippen molar-refractivity contribution in [2.24, 2.45) is 5.73 Å². The van der Waals surface area contributed by atoms with Gasteiger partial charge >= 0.3 is 5.97 Å². The molecule has 0 aliphatic heterocycles. The lowest BCUT2D eigenvalue weighted by molar-refractivity contribution is -0.139. The zero-order valence-electron chi connectivity index (χ0n) is 9.89. The highest BCUT2D eigenvalue weighted by molar-refractivity contribution is 8.00. The molecule has 0 spiro atoms. The van der Waals surface area contributed by atoms with E-state index in [0.717, 1.165) is 11.8 Å². The molecule has 18 heavy (non-hydrogen) atoms. The maximum absolute atomic E-state index is 12.8. The Morgan fingerprint density at radius 1 is 1.39 bits per heavy atom. The van der Waals surface area contributed by atoms with Crippen molar-refractivity contribution in [1.82, 2.24) is 0 Å². The molecule has 1 aromatic rings. The van der Waals surface area contributed by atoms with Crippen molar-refractivity contribution in [2.75, 3.05) is 12.4 Å². The molecule has 0 bridgehead atoms. The van der Waals surface area contributed by atoms with Crippen molar-refractivity contribution in [2.45, 2.75) is 12.2 Å². The van der Waals surface area contributed by atoms with Gasteiger partial charge in [-0.2, -0.15) is 0 Å². The summed E-state index contributed by atoms with van der Waals surface area (Å²) in [7, 11) is 0. The Bertz CT molecular complexity index is 422. The second-order valence-electron chi connectivity index (χ2n) is 3.45. The van der Waals surface area contributed by atoms with E-state index in [-0.39, 0.29) is 12.4 Å². The van der Waals surface area contributed by atoms with E-state index in [4.69, 9.17) is 10.5 Å². The number of primary amides is 1. The third kappa shape index (κ3) is 4.37. The topological polar surface area (TPSA) is 69.4 Å². The van der Waals surface area contributed by atoms with Gasteiger partial charge in [0.1, 0.15) is 11.1 Å². The molecule has 0 fully saturated rings. The zero-order chi connectivity index (χ0) is 13.5. The Hall–Kier alpha value is -1.56. The highest BCUT2D eigenvalue weighted by atomic mass is 32.2. The molecule has 1 amide bonds. The highest BCUT2D eigenvalue weighted by Gasteiger charge is 2.20. The number of benzene rings is 1. The Morgan fingerprint density at radius 2 is 2.00 bits per heavy atom. The minimum atomic E-state index is -0.685. The SMILES string of the molecule is CCOC(=O)CSC(C(N)=O)c1ccc(F)cc1. The monoisotopic (exact) mass is 271 g/mol. The van der Waals surface area contributed by atoms with Gasteiger partial charge in [-0.05, 0) is 24.6 Å². The first-order valence-corrected chi connectivity index (χ1v) is 6.41. The molecule has 0 aliphatic carbocycles. The van der Waals surface area contributed by atoms with E-state index in [2.05, 4.69) is 0 Å². The van der Waals surface area contributed by atoms with E-state index in [1.807, 2.05) is 0 Å². The minimum absolute atomic E-state index is 0.0266. The summed E-state index contributed by atoms with van der Waals surface area (Å²) in [6.45, 7) is 1.99. The summed E-state index contributed by atoms with van der Waals surface area (Å²) >= 11 is 1.07. The average molecular weight is 271 g/mol. The van der Waals surface area contributed by atoms with Gasteiger partial charge in [-0.1, -0.05) is 12.1 Å². The minimum Gasteiger partial charge on any atom is -0.465 e. The van der Waals surface area contributed by atoms with E-state index >= 15 is 0 Å². The van der Waals surface area contributed by atoms with E-state index in [0.29, 0.717) is 5.56 Å². The van der Waals surface area contributed by atoms with Gasteiger partial charge in [-0.25, -0.2) is 4.39 Å². The second kappa shape index (κ2) is 7.00. The molecule has 0 saturated heterocycles. The van der Waals surface area contributed by atoms with Crippen LogP contribution in [0.5, 0.6) is 0 Å². The number of rotatable bonds is 6. The van der Waals surface area contributed by atoms with Crippen molar-refractivity contribution in [3.05, 3.63) is 35.6 Å². The van der Waals surface area contributed by atoms with Crippen LogP contribution in [0.25, 0.3) is 0 Å². The largest absolute Gasteiger partial charge is 0.465 e. The number of carbonyl (C=O) groups excluding carboxylic acids is 2. The number of hydrogen-bond acceptors (Lipinski definition) is 4. The number of hydrogen-bond donors (Lipinski definition) is 1. The summed E-state index contributed by atoms with van der Waals surface area (Å²) in [5.74, 6) is -1.34. The standard InChI is InChI=1S/C12H14FNO3S/c1-2-17-10(15)7-18-11(12(14)16)8-3-5-9(13)6-4-8/h3-6,11H,2,7H2,1H3,(H2,14,16). The van der Waals surface area contributed by atoms with E-state index in [1.165, 1.54) is 24.3 Å². The molecule has 1 unspecified atom stereocenters. The van der Waals surface area contributed by atoms with E-state index < -0.39 is 22.9 Å². The molecule has 0 saturated carbocycles. The Balaban J connectivity index is 2.69. The lowest BCUT2D eigenvalue weighted by Gasteiger charge is -2.12. The molecule has 0 radical (unpaired) electrons. The second-order valence-corrected chi connectivity index (χ2v) is 4.54. The fraction of sp³-hybridized carbons (Fsp3) is 0.333. The number of halogens is 1. The number of thioether (sulfide) groups is 1. The van der Waals surface area contributed by atoms with Crippen LogP contribution in [-0.4, -0.2) is 24.2 Å².